The van der Waals surface area contributed by atoms with E-state index in [0.29, 0.717) is 0 Å². The molecule has 82 valence electrons. The number of nitrogen functional groups attached to an aromatic ring is 1. The second-order valence-corrected chi connectivity index (χ2v) is 4.10. The van der Waals surface area contributed by atoms with Crippen LogP contribution in [0.4, 0.5) is 5.69 Å². The molecule has 1 aliphatic carbocycles. The van der Waals surface area contributed by atoms with E-state index >= 15 is 0 Å². The van der Waals surface area contributed by atoms with Crippen molar-refractivity contribution in [2.45, 2.75) is 37.8 Å². The summed E-state index contributed by atoms with van der Waals surface area (Å²) in [4.78, 5) is 11.7. The summed E-state index contributed by atoms with van der Waals surface area (Å²) in [5.74, 6) is 0. The molecule has 1 heterocycles. The molecule has 0 saturated heterocycles. The molecule has 4 nitrogen and oxygen atoms in total. The first-order valence-corrected chi connectivity index (χ1v) is 5.35. The molecule has 15 heavy (non-hydrogen) atoms. The van der Waals surface area contributed by atoms with Gasteiger partial charge in [0.25, 0.3) is 5.56 Å². The fourth-order valence-corrected chi connectivity index (χ4v) is 2.20. The van der Waals surface area contributed by atoms with Crippen LogP contribution >= 0.6 is 0 Å². The average molecular weight is 208 g/mol. The lowest BCUT2D eigenvalue weighted by molar-refractivity contribution is 0.0739. The van der Waals surface area contributed by atoms with Crippen LogP contribution < -0.4 is 11.3 Å². The summed E-state index contributed by atoms with van der Waals surface area (Å²) in [5, 5.41) is 9.84. The van der Waals surface area contributed by atoms with Gasteiger partial charge in [0, 0.05) is 6.20 Å². The Labute approximate surface area is 88.3 Å². The molecule has 1 aromatic rings. The Balaban J connectivity index is 2.36. The van der Waals surface area contributed by atoms with Gasteiger partial charge in [0.2, 0.25) is 0 Å². The Morgan fingerprint density at radius 3 is 2.87 bits per heavy atom. The zero-order valence-corrected chi connectivity index (χ0v) is 8.60. The largest absolute Gasteiger partial charge is 0.394 e. The molecule has 2 atom stereocenters. The minimum absolute atomic E-state index is 0.102. The number of pyridine rings is 1. The fraction of sp³-hybridized carbons (Fsp3) is 0.545. The van der Waals surface area contributed by atoms with Crippen LogP contribution in [0.25, 0.3) is 0 Å². The van der Waals surface area contributed by atoms with E-state index in [1.807, 2.05) is 0 Å². The van der Waals surface area contributed by atoms with E-state index in [0.717, 1.165) is 25.7 Å². The molecule has 1 fully saturated rings. The number of aromatic nitrogens is 1. The summed E-state index contributed by atoms with van der Waals surface area (Å²) >= 11 is 0. The Morgan fingerprint density at radius 1 is 1.40 bits per heavy atom. The maximum atomic E-state index is 11.7. The summed E-state index contributed by atoms with van der Waals surface area (Å²) < 4.78 is 1.57. The molecule has 1 unspecified atom stereocenters. The van der Waals surface area contributed by atoms with E-state index in [4.69, 9.17) is 5.73 Å². The third-order valence-corrected chi connectivity index (χ3v) is 3.06. The van der Waals surface area contributed by atoms with Crippen molar-refractivity contribution >= 4 is 5.69 Å². The maximum Gasteiger partial charge on any atom is 0.274 e. The van der Waals surface area contributed by atoms with E-state index in [1.165, 1.54) is 0 Å². The lowest BCUT2D eigenvalue weighted by Crippen LogP contribution is -2.35. The van der Waals surface area contributed by atoms with Crippen molar-refractivity contribution in [3.05, 3.63) is 28.7 Å². The second kappa shape index (κ2) is 4.06. The summed E-state index contributed by atoms with van der Waals surface area (Å²) in [6.45, 7) is 0. The number of rotatable bonds is 1. The monoisotopic (exact) mass is 208 g/mol. The van der Waals surface area contributed by atoms with Crippen molar-refractivity contribution in [1.82, 2.24) is 4.57 Å². The first-order valence-electron chi connectivity index (χ1n) is 5.35. The number of anilines is 1. The van der Waals surface area contributed by atoms with Crippen molar-refractivity contribution in [2.75, 3.05) is 5.73 Å². The average Bonchev–Trinajstić information content (AvgIpc) is 2.23. The van der Waals surface area contributed by atoms with Crippen LogP contribution in [0.1, 0.15) is 31.7 Å². The fourth-order valence-electron chi connectivity index (χ4n) is 2.20. The molecule has 1 saturated carbocycles. The number of nitrogens with zero attached hydrogens (tertiary/aromatic N) is 1. The van der Waals surface area contributed by atoms with Gasteiger partial charge < -0.3 is 15.4 Å². The molecule has 2 rings (SSSR count). The third kappa shape index (κ3) is 1.90. The summed E-state index contributed by atoms with van der Waals surface area (Å²) in [5.41, 5.74) is 5.61. The molecule has 0 bridgehead atoms. The molecular weight excluding hydrogens is 192 g/mol. The zero-order chi connectivity index (χ0) is 10.8. The Morgan fingerprint density at radius 2 is 2.13 bits per heavy atom. The van der Waals surface area contributed by atoms with Gasteiger partial charge in [0.05, 0.1) is 17.8 Å². The molecular formula is C11H16N2O2. The van der Waals surface area contributed by atoms with E-state index in [9.17, 15) is 9.90 Å². The molecule has 0 amide bonds. The molecule has 1 aromatic heterocycles. The van der Waals surface area contributed by atoms with E-state index in [1.54, 1.807) is 22.9 Å². The van der Waals surface area contributed by atoms with Gasteiger partial charge >= 0.3 is 0 Å². The molecule has 3 N–H and O–H groups in total. The number of hydrogen-bond donors (Lipinski definition) is 2. The Bertz CT molecular complexity index is 400. The van der Waals surface area contributed by atoms with E-state index < -0.39 is 6.10 Å². The Kier molecular flexibility index (Phi) is 2.77. The molecule has 0 aliphatic heterocycles. The van der Waals surface area contributed by atoms with Gasteiger partial charge in [-0.1, -0.05) is 12.8 Å². The standard InChI is InChI=1S/C11H16N2O2/c12-8-4-3-7-13(11(8)15)9-5-1-2-6-10(9)14/h3-4,7,9-10,14H,1-2,5-6,12H2/t9?,10-/m0/s1. The minimum Gasteiger partial charge on any atom is -0.394 e. The minimum atomic E-state index is -0.418. The highest BCUT2D eigenvalue weighted by atomic mass is 16.3. The quantitative estimate of drug-likeness (QED) is 0.720. The number of nitrogens with two attached hydrogens (primary N) is 1. The van der Waals surface area contributed by atoms with Crippen LogP contribution in [0.3, 0.4) is 0 Å². The number of aliphatic hydroxyl groups excluding tert-OH is 1. The highest BCUT2D eigenvalue weighted by Crippen LogP contribution is 2.27. The van der Waals surface area contributed by atoms with Crippen LogP contribution in [0.2, 0.25) is 0 Å². The lowest BCUT2D eigenvalue weighted by atomic mass is 9.92. The molecule has 0 aromatic carbocycles. The van der Waals surface area contributed by atoms with Gasteiger partial charge in [-0.25, -0.2) is 0 Å². The van der Waals surface area contributed by atoms with Crippen LogP contribution in [-0.2, 0) is 0 Å². The van der Waals surface area contributed by atoms with Crippen LogP contribution in [0.5, 0.6) is 0 Å². The number of hydrogen-bond acceptors (Lipinski definition) is 3. The topological polar surface area (TPSA) is 68.2 Å². The summed E-state index contributed by atoms with van der Waals surface area (Å²) in [6, 6.07) is 3.24. The highest BCUT2D eigenvalue weighted by Gasteiger charge is 2.25. The SMILES string of the molecule is Nc1cccn(C2CCCC[C@@H]2O)c1=O. The van der Waals surface area contributed by atoms with E-state index in [2.05, 4.69) is 0 Å². The Hall–Kier alpha value is -1.29. The lowest BCUT2D eigenvalue weighted by Gasteiger charge is -2.29. The van der Waals surface area contributed by atoms with Crippen molar-refractivity contribution < 1.29 is 5.11 Å². The highest BCUT2D eigenvalue weighted by molar-refractivity contribution is 5.33. The zero-order valence-electron chi connectivity index (χ0n) is 8.60. The van der Waals surface area contributed by atoms with Crippen LogP contribution in [-0.4, -0.2) is 15.8 Å². The van der Waals surface area contributed by atoms with Crippen molar-refractivity contribution in [3.63, 3.8) is 0 Å². The van der Waals surface area contributed by atoms with Crippen molar-refractivity contribution in [3.8, 4) is 0 Å². The molecule has 1 aliphatic rings. The predicted octanol–water partition coefficient (Wildman–Crippen LogP) is 0.906. The van der Waals surface area contributed by atoms with Gasteiger partial charge in [-0.2, -0.15) is 0 Å². The molecule has 4 heteroatoms. The van der Waals surface area contributed by atoms with Crippen molar-refractivity contribution in [1.29, 1.82) is 0 Å². The normalized spacial score (nSPS) is 26.5. The van der Waals surface area contributed by atoms with E-state index in [-0.39, 0.29) is 17.3 Å². The third-order valence-electron chi connectivity index (χ3n) is 3.06. The first-order chi connectivity index (χ1) is 7.20. The number of aliphatic hydroxyl groups is 1. The molecule has 0 spiro atoms. The van der Waals surface area contributed by atoms with Crippen LogP contribution in [0.15, 0.2) is 23.1 Å². The van der Waals surface area contributed by atoms with Gasteiger partial charge in [-0.15, -0.1) is 0 Å². The summed E-state index contributed by atoms with van der Waals surface area (Å²) in [7, 11) is 0. The van der Waals surface area contributed by atoms with Crippen molar-refractivity contribution in [2.24, 2.45) is 0 Å². The van der Waals surface area contributed by atoms with Gasteiger partial charge in [0.1, 0.15) is 0 Å². The summed E-state index contributed by atoms with van der Waals surface area (Å²) in [6.07, 6.45) is 5.00. The van der Waals surface area contributed by atoms with Gasteiger partial charge in [0.15, 0.2) is 0 Å². The van der Waals surface area contributed by atoms with Gasteiger partial charge in [-0.3, -0.25) is 4.79 Å². The predicted molar refractivity (Wildman–Crippen MR) is 58.6 cm³/mol. The smallest absolute Gasteiger partial charge is 0.274 e. The van der Waals surface area contributed by atoms with Gasteiger partial charge in [-0.05, 0) is 25.0 Å². The van der Waals surface area contributed by atoms with Crippen LogP contribution in [0, 0.1) is 0 Å². The first kappa shape index (κ1) is 10.2. The molecule has 0 radical (unpaired) electrons. The maximum absolute atomic E-state index is 11.7. The second-order valence-electron chi connectivity index (χ2n) is 4.10.